The van der Waals surface area contributed by atoms with Crippen molar-refractivity contribution in [1.82, 2.24) is 9.78 Å². The summed E-state index contributed by atoms with van der Waals surface area (Å²) in [6.45, 7) is 1.62. The van der Waals surface area contributed by atoms with E-state index >= 15 is 0 Å². The molecule has 5 nitrogen and oxygen atoms in total. The molecule has 0 unspecified atom stereocenters. The number of rotatable bonds is 6. The van der Waals surface area contributed by atoms with E-state index in [1.165, 1.54) is 16.8 Å². The summed E-state index contributed by atoms with van der Waals surface area (Å²) in [5, 5.41) is 22.7. The average molecular weight is 401 g/mol. The van der Waals surface area contributed by atoms with Crippen LogP contribution in [0.3, 0.4) is 0 Å². The number of aliphatic hydroxyl groups excluding tert-OH is 1. The number of aryl methyl sites for hydroxylation is 1. The molecule has 8 heteroatoms. The van der Waals surface area contributed by atoms with Crippen LogP contribution in [-0.2, 0) is 19.2 Å². The van der Waals surface area contributed by atoms with Gasteiger partial charge in [-0.05, 0) is 49.2 Å². The fourth-order valence-electron chi connectivity index (χ4n) is 2.91. The zero-order valence-electron chi connectivity index (χ0n) is 15.6. The predicted octanol–water partition coefficient (Wildman–Crippen LogP) is 4.19. The largest absolute Gasteiger partial charge is 0.487 e. The van der Waals surface area contributed by atoms with Gasteiger partial charge in [0, 0.05) is 6.61 Å². The summed E-state index contributed by atoms with van der Waals surface area (Å²) in [5.74, 6) is 0.532. The maximum absolute atomic E-state index is 13.1. The molecule has 0 radical (unpaired) electrons. The number of halogens is 3. The maximum Gasteiger partial charge on any atom is 0.416 e. The second kappa shape index (κ2) is 8.37. The molecule has 0 saturated carbocycles. The van der Waals surface area contributed by atoms with E-state index in [1.807, 2.05) is 18.2 Å². The molecule has 0 atom stereocenters. The molecule has 0 amide bonds. The Morgan fingerprint density at radius 1 is 1.17 bits per heavy atom. The molecule has 3 rings (SSSR count). The monoisotopic (exact) mass is 401 g/mol. The Hall–Kier alpha value is -3.31. The molecule has 150 valence electrons. The fourth-order valence-corrected chi connectivity index (χ4v) is 2.91. The lowest BCUT2D eigenvalue weighted by Gasteiger charge is -2.12. The topological polar surface area (TPSA) is 71.1 Å². The molecule has 2 aromatic carbocycles. The van der Waals surface area contributed by atoms with Gasteiger partial charge in [0.2, 0.25) is 0 Å². The van der Waals surface area contributed by atoms with Gasteiger partial charge in [-0.2, -0.15) is 23.5 Å². The molecule has 0 saturated heterocycles. The lowest BCUT2D eigenvalue weighted by molar-refractivity contribution is -0.137. The molecule has 3 aromatic rings. The van der Waals surface area contributed by atoms with E-state index in [1.54, 1.807) is 19.1 Å². The van der Waals surface area contributed by atoms with Crippen molar-refractivity contribution in [2.75, 3.05) is 6.61 Å². The molecule has 0 aliphatic heterocycles. The summed E-state index contributed by atoms with van der Waals surface area (Å²) in [6, 6.07) is 13.9. The van der Waals surface area contributed by atoms with Crippen molar-refractivity contribution >= 4 is 0 Å². The van der Waals surface area contributed by atoms with Crippen LogP contribution in [0.4, 0.5) is 13.2 Å². The van der Waals surface area contributed by atoms with Crippen LogP contribution in [0.15, 0.2) is 48.5 Å². The number of alkyl halides is 3. The summed E-state index contributed by atoms with van der Waals surface area (Å²) < 4.78 is 46.3. The van der Waals surface area contributed by atoms with E-state index in [2.05, 4.69) is 5.10 Å². The zero-order valence-corrected chi connectivity index (χ0v) is 15.6. The minimum Gasteiger partial charge on any atom is -0.487 e. The van der Waals surface area contributed by atoms with Crippen LogP contribution in [0.5, 0.6) is 5.75 Å². The lowest BCUT2D eigenvalue weighted by Crippen LogP contribution is -2.10. The van der Waals surface area contributed by atoms with E-state index in [4.69, 9.17) is 9.84 Å². The molecule has 1 heterocycles. The molecule has 0 bridgehead atoms. The Morgan fingerprint density at radius 2 is 1.90 bits per heavy atom. The predicted molar refractivity (Wildman–Crippen MR) is 99.6 cm³/mol. The third kappa shape index (κ3) is 4.58. The smallest absolute Gasteiger partial charge is 0.416 e. The standard InChI is InChI=1S/C21H18F3N3O2/c1-14-19(12-25)20(13-29-18-7-5-15(6-8-18)9-10-28)27(26-14)17-4-2-3-16(11-17)21(22,23)24/h2-8,11,28H,9-10,13H2,1H3. The molecule has 29 heavy (non-hydrogen) atoms. The number of hydrogen-bond acceptors (Lipinski definition) is 4. The highest BCUT2D eigenvalue weighted by molar-refractivity contribution is 5.45. The minimum absolute atomic E-state index is 0.0423. The van der Waals surface area contributed by atoms with Crippen molar-refractivity contribution < 1.29 is 23.0 Å². The number of nitriles is 1. The first-order valence-corrected chi connectivity index (χ1v) is 8.82. The second-order valence-corrected chi connectivity index (χ2v) is 6.39. The van der Waals surface area contributed by atoms with Crippen LogP contribution >= 0.6 is 0 Å². The van der Waals surface area contributed by atoms with E-state index in [0.717, 1.165) is 17.7 Å². The van der Waals surface area contributed by atoms with Gasteiger partial charge in [0.25, 0.3) is 0 Å². The molecule has 0 spiro atoms. The number of benzene rings is 2. The summed E-state index contributed by atoms with van der Waals surface area (Å²) in [7, 11) is 0. The molecule has 0 fully saturated rings. The van der Waals surface area contributed by atoms with Gasteiger partial charge >= 0.3 is 6.18 Å². The molecule has 0 aliphatic rings. The second-order valence-electron chi connectivity index (χ2n) is 6.39. The molecular formula is C21H18F3N3O2. The van der Waals surface area contributed by atoms with Gasteiger partial charge in [0.1, 0.15) is 24.0 Å². The number of nitrogens with zero attached hydrogens (tertiary/aromatic N) is 3. The summed E-state index contributed by atoms with van der Waals surface area (Å²) in [4.78, 5) is 0. The number of hydrogen-bond donors (Lipinski definition) is 1. The summed E-state index contributed by atoms with van der Waals surface area (Å²) in [6.07, 6.45) is -3.95. The van der Waals surface area contributed by atoms with Crippen molar-refractivity contribution in [1.29, 1.82) is 5.26 Å². The van der Waals surface area contributed by atoms with Crippen LogP contribution < -0.4 is 4.74 Å². The van der Waals surface area contributed by atoms with Crippen molar-refractivity contribution in [2.45, 2.75) is 26.1 Å². The molecule has 1 aromatic heterocycles. The van der Waals surface area contributed by atoms with E-state index in [0.29, 0.717) is 23.6 Å². The van der Waals surface area contributed by atoms with Crippen molar-refractivity contribution in [3.05, 3.63) is 76.6 Å². The third-order valence-corrected chi connectivity index (χ3v) is 4.39. The van der Waals surface area contributed by atoms with Crippen LogP contribution in [0.1, 0.15) is 28.1 Å². The highest BCUT2D eigenvalue weighted by atomic mass is 19.4. The van der Waals surface area contributed by atoms with Crippen molar-refractivity contribution in [3.8, 4) is 17.5 Å². The SMILES string of the molecule is Cc1nn(-c2cccc(C(F)(F)F)c2)c(COc2ccc(CCO)cc2)c1C#N. The number of ether oxygens (including phenoxy) is 1. The van der Waals surface area contributed by atoms with Gasteiger partial charge in [-0.3, -0.25) is 0 Å². The zero-order chi connectivity index (χ0) is 21.0. The van der Waals surface area contributed by atoms with Crippen molar-refractivity contribution in [2.24, 2.45) is 0 Å². The van der Waals surface area contributed by atoms with Crippen LogP contribution in [0, 0.1) is 18.3 Å². The average Bonchev–Trinajstić information content (AvgIpc) is 3.02. The Bertz CT molecular complexity index is 1030. The summed E-state index contributed by atoms with van der Waals surface area (Å²) >= 11 is 0. The van der Waals surface area contributed by atoms with Gasteiger partial charge in [-0.15, -0.1) is 0 Å². The quantitative estimate of drug-likeness (QED) is 0.673. The Kier molecular flexibility index (Phi) is 5.89. The molecular weight excluding hydrogens is 383 g/mol. The van der Waals surface area contributed by atoms with Crippen LogP contribution in [0.25, 0.3) is 5.69 Å². The van der Waals surface area contributed by atoms with E-state index < -0.39 is 11.7 Å². The molecule has 0 aliphatic carbocycles. The highest BCUT2D eigenvalue weighted by Crippen LogP contribution is 2.31. The normalized spacial score (nSPS) is 11.3. The first kappa shape index (κ1) is 20.4. The van der Waals surface area contributed by atoms with Gasteiger partial charge in [0.15, 0.2) is 0 Å². The highest BCUT2D eigenvalue weighted by Gasteiger charge is 2.31. The minimum atomic E-state index is -4.48. The van der Waals surface area contributed by atoms with Crippen LogP contribution in [0.2, 0.25) is 0 Å². The van der Waals surface area contributed by atoms with Crippen molar-refractivity contribution in [3.63, 3.8) is 0 Å². The number of aromatic nitrogens is 2. The third-order valence-electron chi connectivity index (χ3n) is 4.39. The first-order chi connectivity index (χ1) is 13.8. The van der Waals surface area contributed by atoms with Gasteiger partial charge < -0.3 is 9.84 Å². The lowest BCUT2D eigenvalue weighted by atomic mass is 10.1. The maximum atomic E-state index is 13.1. The Morgan fingerprint density at radius 3 is 2.52 bits per heavy atom. The Balaban J connectivity index is 1.92. The van der Waals surface area contributed by atoms with Gasteiger partial charge in [-0.25, -0.2) is 4.68 Å². The first-order valence-electron chi connectivity index (χ1n) is 8.82. The van der Waals surface area contributed by atoms with E-state index in [-0.39, 0.29) is 24.5 Å². The fraction of sp³-hybridized carbons (Fsp3) is 0.238. The summed E-state index contributed by atoms with van der Waals surface area (Å²) in [5.41, 5.74) is 1.38. The van der Waals surface area contributed by atoms with Gasteiger partial charge in [-0.1, -0.05) is 18.2 Å². The van der Waals surface area contributed by atoms with E-state index in [9.17, 15) is 18.4 Å². The van der Waals surface area contributed by atoms with Crippen LogP contribution in [-0.4, -0.2) is 21.5 Å². The number of aliphatic hydroxyl groups is 1. The Labute approximate surface area is 165 Å². The van der Waals surface area contributed by atoms with Gasteiger partial charge in [0.05, 0.1) is 22.6 Å². The molecule has 1 N–H and O–H groups in total.